The SMILES string of the molecule is CNCCNC(=O)c1cccc(Cl)c1C. The maximum Gasteiger partial charge on any atom is 0.251 e. The highest BCUT2D eigenvalue weighted by atomic mass is 35.5. The lowest BCUT2D eigenvalue weighted by Crippen LogP contribution is -2.30. The van der Waals surface area contributed by atoms with Crippen LogP contribution in [0.25, 0.3) is 0 Å². The third-order valence-electron chi connectivity index (χ3n) is 2.17. The number of amides is 1. The van der Waals surface area contributed by atoms with Gasteiger partial charge < -0.3 is 10.6 Å². The van der Waals surface area contributed by atoms with E-state index in [1.54, 1.807) is 18.2 Å². The molecule has 1 aromatic rings. The summed E-state index contributed by atoms with van der Waals surface area (Å²) >= 11 is 5.93. The molecule has 0 aliphatic carbocycles. The Balaban J connectivity index is 2.69. The van der Waals surface area contributed by atoms with Crippen LogP contribution in [0.2, 0.25) is 5.02 Å². The predicted molar refractivity (Wildman–Crippen MR) is 62.4 cm³/mol. The standard InChI is InChI=1S/C11H15ClN2O/c1-8-9(4-3-5-10(8)12)11(15)14-7-6-13-2/h3-5,13H,6-7H2,1-2H3,(H,14,15). The second-order valence-electron chi connectivity index (χ2n) is 3.27. The van der Waals surface area contributed by atoms with E-state index in [1.807, 2.05) is 14.0 Å². The van der Waals surface area contributed by atoms with Crippen LogP contribution >= 0.6 is 11.6 Å². The quantitative estimate of drug-likeness (QED) is 0.766. The molecule has 82 valence electrons. The Morgan fingerprint density at radius 2 is 2.13 bits per heavy atom. The summed E-state index contributed by atoms with van der Waals surface area (Å²) in [7, 11) is 1.84. The van der Waals surface area contributed by atoms with Crippen LogP contribution in [0, 0.1) is 6.92 Å². The lowest BCUT2D eigenvalue weighted by atomic mass is 10.1. The van der Waals surface area contributed by atoms with Gasteiger partial charge >= 0.3 is 0 Å². The van der Waals surface area contributed by atoms with Crippen molar-refractivity contribution in [3.05, 3.63) is 34.3 Å². The number of carbonyl (C=O) groups excluding carboxylic acids is 1. The van der Waals surface area contributed by atoms with Crippen molar-refractivity contribution in [3.63, 3.8) is 0 Å². The lowest BCUT2D eigenvalue weighted by Gasteiger charge is -2.08. The van der Waals surface area contributed by atoms with E-state index in [9.17, 15) is 4.79 Å². The molecule has 0 aromatic heterocycles. The Morgan fingerprint density at radius 1 is 1.40 bits per heavy atom. The molecule has 0 spiro atoms. The van der Waals surface area contributed by atoms with Crippen molar-refractivity contribution in [1.29, 1.82) is 0 Å². The molecule has 0 bridgehead atoms. The van der Waals surface area contributed by atoms with E-state index in [0.717, 1.165) is 12.1 Å². The average Bonchev–Trinajstić information content (AvgIpc) is 2.22. The van der Waals surface area contributed by atoms with Crippen LogP contribution in [0.5, 0.6) is 0 Å². The van der Waals surface area contributed by atoms with Crippen molar-refractivity contribution < 1.29 is 4.79 Å². The Labute approximate surface area is 94.8 Å². The highest BCUT2D eigenvalue weighted by Gasteiger charge is 2.09. The summed E-state index contributed by atoms with van der Waals surface area (Å²) in [6.07, 6.45) is 0. The van der Waals surface area contributed by atoms with Crippen LogP contribution in [0.4, 0.5) is 0 Å². The fraction of sp³-hybridized carbons (Fsp3) is 0.364. The molecular weight excluding hydrogens is 212 g/mol. The second-order valence-corrected chi connectivity index (χ2v) is 3.68. The van der Waals surface area contributed by atoms with Crippen LogP contribution in [0.15, 0.2) is 18.2 Å². The van der Waals surface area contributed by atoms with Gasteiger partial charge in [-0.25, -0.2) is 0 Å². The van der Waals surface area contributed by atoms with Crippen molar-refractivity contribution in [3.8, 4) is 0 Å². The van der Waals surface area contributed by atoms with Gasteiger partial charge in [0.05, 0.1) is 0 Å². The minimum atomic E-state index is -0.0785. The Hall–Kier alpha value is -1.06. The molecule has 1 aromatic carbocycles. The van der Waals surface area contributed by atoms with E-state index in [0.29, 0.717) is 17.1 Å². The number of carbonyl (C=O) groups is 1. The zero-order valence-corrected chi connectivity index (χ0v) is 9.69. The third kappa shape index (κ3) is 3.22. The van der Waals surface area contributed by atoms with Crippen LogP contribution in [-0.4, -0.2) is 26.0 Å². The van der Waals surface area contributed by atoms with Gasteiger partial charge in [0, 0.05) is 23.7 Å². The second kappa shape index (κ2) is 5.73. The van der Waals surface area contributed by atoms with E-state index in [4.69, 9.17) is 11.6 Å². The molecule has 3 nitrogen and oxygen atoms in total. The first-order valence-corrected chi connectivity index (χ1v) is 5.22. The van der Waals surface area contributed by atoms with Crippen LogP contribution in [0.3, 0.4) is 0 Å². The van der Waals surface area contributed by atoms with Crippen molar-refractivity contribution in [1.82, 2.24) is 10.6 Å². The highest BCUT2D eigenvalue weighted by Crippen LogP contribution is 2.18. The summed E-state index contributed by atoms with van der Waals surface area (Å²) < 4.78 is 0. The normalized spacial score (nSPS) is 10.1. The van der Waals surface area contributed by atoms with Crippen molar-refractivity contribution in [2.24, 2.45) is 0 Å². The molecule has 0 atom stereocenters. The molecule has 0 unspecified atom stereocenters. The molecular formula is C11H15ClN2O. The minimum Gasteiger partial charge on any atom is -0.351 e. The van der Waals surface area contributed by atoms with Crippen molar-refractivity contribution in [2.75, 3.05) is 20.1 Å². The molecule has 0 fully saturated rings. The molecule has 1 rings (SSSR count). The zero-order chi connectivity index (χ0) is 11.3. The maximum absolute atomic E-state index is 11.7. The van der Waals surface area contributed by atoms with E-state index in [1.165, 1.54) is 0 Å². The van der Waals surface area contributed by atoms with Gasteiger partial charge in [-0.05, 0) is 31.7 Å². The number of hydrogen-bond acceptors (Lipinski definition) is 2. The van der Waals surface area contributed by atoms with Gasteiger partial charge in [-0.2, -0.15) is 0 Å². The van der Waals surface area contributed by atoms with Gasteiger partial charge in [-0.15, -0.1) is 0 Å². The number of likely N-dealkylation sites (N-methyl/N-ethyl adjacent to an activating group) is 1. The Morgan fingerprint density at radius 3 is 2.80 bits per heavy atom. The summed E-state index contributed by atoms with van der Waals surface area (Å²) in [5.41, 5.74) is 1.46. The summed E-state index contributed by atoms with van der Waals surface area (Å²) in [5.74, 6) is -0.0785. The first kappa shape index (κ1) is 12.0. The summed E-state index contributed by atoms with van der Waals surface area (Å²) in [6, 6.07) is 5.33. The number of rotatable bonds is 4. The highest BCUT2D eigenvalue weighted by molar-refractivity contribution is 6.31. The molecule has 4 heteroatoms. The largest absolute Gasteiger partial charge is 0.351 e. The molecule has 0 saturated carbocycles. The summed E-state index contributed by atoms with van der Waals surface area (Å²) in [6.45, 7) is 3.21. The molecule has 0 aliphatic rings. The smallest absolute Gasteiger partial charge is 0.251 e. The Bertz CT molecular complexity index is 352. The monoisotopic (exact) mass is 226 g/mol. The Kier molecular flexibility index (Phi) is 4.59. The van der Waals surface area contributed by atoms with Gasteiger partial charge in [0.2, 0.25) is 0 Å². The molecule has 0 saturated heterocycles. The lowest BCUT2D eigenvalue weighted by molar-refractivity contribution is 0.0953. The number of nitrogens with one attached hydrogen (secondary N) is 2. The van der Waals surface area contributed by atoms with Crippen LogP contribution in [0.1, 0.15) is 15.9 Å². The molecule has 0 radical (unpaired) electrons. The number of hydrogen-bond donors (Lipinski definition) is 2. The number of benzene rings is 1. The van der Waals surface area contributed by atoms with Gasteiger partial charge in [-0.1, -0.05) is 17.7 Å². The first-order chi connectivity index (χ1) is 7.16. The van der Waals surface area contributed by atoms with Crippen LogP contribution < -0.4 is 10.6 Å². The molecule has 15 heavy (non-hydrogen) atoms. The van der Waals surface area contributed by atoms with Crippen molar-refractivity contribution >= 4 is 17.5 Å². The van der Waals surface area contributed by atoms with E-state index >= 15 is 0 Å². The van der Waals surface area contributed by atoms with Gasteiger partial charge in [-0.3, -0.25) is 4.79 Å². The fourth-order valence-corrected chi connectivity index (χ4v) is 1.42. The van der Waals surface area contributed by atoms with Gasteiger partial charge in [0.25, 0.3) is 5.91 Å². The fourth-order valence-electron chi connectivity index (χ4n) is 1.25. The van der Waals surface area contributed by atoms with Crippen molar-refractivity contribution in [2.45, 2.75) is 6.92 Å². The van der Waals surface area contributed by atoms with E-state index < -0.39 is 0 Å². The summed E-state index contributed by atoms with van der Waals surface area (Å²) in [5, 5.41) is 6.39. The third-order valence-corrected chi connectivity index (χ3v) is 2.58. The predicted octanol–water partition coefficient (Wildman–Crippen LogP) is 1.60. The molecule has 2 N–H and O–H groups in total. The van der Waals surface area contributed by atoms with Gasteiger partial charge in [0.1, 0.15) is 0 Å². The van der Waals surface area contributed by atoms with Gasteiger partial charge in [0.15, 0.2) is 0 Å². The maximum atomic E-state index is 11.7. The topological polar surface area (TPSA) is 41.1 Å². The first-order valence-electron chi connectivity index (χ1n) is 4.84. The zero-order valence-electron chi connectivity index (χ0n) is 8.93. The minimum absolute atomic E-state index is 0.0785. The molecule has 0 heterocycles. The molecule has 1 amide bonds. The summed E-state index contributed by atoms with van der Waals surface area (Å²) in [4.78, 5) is 11.7. The molecule has 0 aliphatic heterocycles. The van der Waals surface area contributed by atoms with E-state index in [2.05, 4.69) is 10.6 Å². The average molecular weight is 227 g/mol. The number of halogens is 1. The van der Waals surface area contributed by atoms with E-state index in [-0.39, 0.29) is 5.91 Å². The van der Waals surface area contributed by atoms with Crippen LogP contribution in [-0.2, 0) is 0 Å².